The highest BCUT2D eigenvalue weighted by atomic mass is 14.0. The van der Waals surface area contributed by atoms with E-state index < -0.39 is 0 Å². The van der Waals surface area contributed by atoms with Gasteiger partial charge in [0.25, 0.3) is 0 Å². The van der Waals surface area contributed by atoms with E-state index >= 15 is 0 Å². The molecular formula is C18H35. The molecule has 0 heteroatoms. The molecule has 0 aromatic heterocycles. The molecule has 0 rings (SSSR count). The van der Waals surface area contributed by atoms with Gasteiger partial charge in [-0.3, -0.25) is 0 Å². The summed E-state index contributed by atoms with van der Waals surface area (Å²) in [5, 5.41) is 0. The van der Waals surface area contributed by atoms with Crippen LogP contribution in [0.15, 0.2) is 12.2 Å². The van der Waals surface area contributed by atoms with E-state index in [4.69, 9.17) is 0 Å². The fourth-order valence-corrected chi connectivity index (χ4v) is 2.24. The van der Waals surface area contributed by atoms with E-state index in [-0.39, 0.29) is 0 Å². The highest BCUT2D eigenvalue weighted by Gasteiger charge is 1.89. The molecule has 0 atom stereocenters. The second-order valence-electron chi connectivity index (χ2n) is 5.43. The number of hydrogen-bond acceptors (Lipinski definition) is 0. The third kappa shape index (κ3) is 15.7. The van der Waals surface area contributed by atoms with Crippen LogP contribution in [0.4, 0.5) is 0 Å². The lowest BCUT2D eigenvalue weighted by atomic mass is 10.1. The van der Waals surface area contributed by atoms with Gasteiger partial charge in [-0.05, 0) is 32.1 Å². The summed E-state index contributed by atoms with van der Waals surface area (Å²) >= 11 is 0. The highest BCUT2D eigenvalue weighted by Crippen LogP contribution is 2.09. The topological polar surface area (TPSA) is 0 Å². The van der Waals surface area contributed by atoms with E-state index in [1.54, 1.807) is 0 Å². The average molecular weight is 251 g/mol. The minimum Gasteiger partial charge on any atom is -0.0885 e. The second-order valence-corrected chi connectivity index (χ2v) is 5.43. The first kappa shape index (κ1) is 17.7. The van der Waals surface area contributed by atoms with Gasteiger partial charge < -0.3 is 0 Å². The molecule has 0 aliphatic carbocycles. The average Bonchev–Trinajstić information content (AvgIpc) is 2.39. The van der Waals surface area contributed by atoms with Crippen molar-refractivity contribution in [1.82, 2.24) is 0 Å². The Hall–Kier alpha value is -0.260. The Kier molecular flexibility index (Phi) is 16.5. The van der Waals surface area contributed by atoms with Crippen molar-refractivity contribution in [1.29, 1.82) is 0 Å². The van der Waals surface area contributed by atoms with Gasteiger partial charge in [-0.2, -0.15) is 0 Å². The van der Waals surface area contributed by atoms with Gasteiger partial charge in [0, 0.05) is 0 Å². The summed E-state index contributed by atoms with van der Waals surface area (Å²) < 4.78 is 0. The third-order valence-corrected chi connectivity index (χ3v) is 3.50. The maximum Gasteiger partial charge on any atom is -0.0351 e. The van der Waals surface area contributed by atoms with E-state index in [0.29, 0.717) is 0 Å². The molecule has 0 aliphatic heterocycles. The fraction of sp³-hybridized carbons (Fsp3) is 0.833. The molecule has 0 bridgehead atoms. The zero-order valence-electron chi connectivity index (χ0n) is 12.9. The fourth-order valence-electron chi connectivity index (χ4n) is 2.24. The van der Waals surface area contributed by atoms with E-state index in [1.807, 2.05) is 0 Å². The number of hydrogen-bond donors (Lipinski definition) is 0. The molecule has 18 heavy (non-hydrogen) atoms. The molecule has 0 saturated carbocycles. The van der Waals surface area contributed by atoms with E-state index in [1.165, 1.54) is 83.5 Å². The zero-order chi connectivity index (χ0) is 13.3. The summed E-state index contributed by atoms with van der Waals surface area (Å²) in [6.07, 6.45) is 25.1. The van der Waals surface area contributed by atoms with Crippen LogP contribution in [0.2, 0.25) is 0 Å². The molecule has 0 aromatic rings. The van der Waals surface area contributed by atoms with E-state index in [9.17, 15) is 0 Å². The van der Waals surface area contributed by atoms with Gasteiger partial charge >= 0.3 is 0 Å². The van der Waals surface area contributed by atoms with Crippen molar-refractivity contribution in [2.45, 2.75) is 97.3 Å². The lowest BCUT2D eigenvalue weighted by Gasteiger charge is -1.98. The Bertz CT molecular complexity index is 139. The Balaban J connectivity index is 3.00. The Labute approximate surface area is 116 Å². The summed E-state index contributed by atoms with van der Waals surface area (Å²) in [7, 11) is 0. The molecule has 0 heterocycles. The largest absolute Gasteiger partial charge is 0.0885 e. The standard InChI is InChI=1S/C18H35/c1-3-5-7-9-11-13-15-17-18-16-14-12-10-8-6-4-2/h3,17-18H,4-16H2,1-2H3/b18-17-. The Morgan fingerprint density at radius 1 is 0.556 bits per heavy atom. The number of rotatable bonds is 14. The molecule has 107 valence electrons. The van der Waals surface area contributed by atoms with Crippen molar-refractivity contribution >= 4 is 0 Å². The van der Waals surface area contributed by atoms with Crippen molar-refractivity contribution in [3.05, 3.63) is 18.6 Å². The van der Waals surface area contributed by atoms with Gasteiger partial charge in [0.1, 0.15) is 0 Å². The van der Waals surface area contributed by atoms with Crippen molar-refractivity contribution in [2.75, 3.05) is 0 Å². The first-order valence-corrected chi connectivity index (χ1v) is 8.34. The van der Waals surface area contributed by atoms with Crippen LogP contribution in [0.25, 0.3) is 0 Å². The Morgan fingerprint density at radius 3 is 1.50 bits per heavy atom. The summed E-state index contributed by atoms with van der Waals surface area (Å²) in [6.45, 7) is 4.44. The molecule has 0 spiro atoms. The van der Waals surface area contributed by atoms with Crippen LogP contribution >= 0.6 is 0 Å². The van der Waals surface area contributed by atoms with Crippen LogP contribution in [0, 0.1) is 6.42 Å². The van der Waals surface area contributed by atoms with Crippen molar-refractivity contribution < 1.29 is 0 Å². The van der Waals surface area contributed by atoms with Crippen LogP contribution in [0.1, 0.15) is 97.3 Å². The number of allylic oxidation sites excluding steroid dienone is 2. The minimum absolute atomic E-state index is 1.30. The van der Waals surface area contributed by atoms with Gasteiger partial charge in [-0.1, -0.05) is 83.8 Å². The predicted octanol–water partition coefficient (Wildman–Crippen LogP) is 6.86. The van der Waals surface area contributed by atoms with E-state index in [0.717, 1.165) is 0 Å². The lowest BCUT2D eigenvalue weighted by molar-refractivity contribution is 0.610. The zero-order valence-corrected chi connectivity index (χ0v) is 12.9. The molecule has 0 saturated heterocycles. The van der Waals surface area contributed by atoms with Crippen molar-refractivity contribution in [3.63, 3.8) is 0 Å². The van der Waals surface area contributed by atoms with Crippen molar-refractivity contribution in [2.24, 2.45) is 0 Å². The van der Waals surface area contributed by atoms with Gasteiger partial charge in [-0.15, -0.1) is 0 Å². The van der Waals surface area contributed by atoms with Gasteiger partial charge in [-0.25, -0.2) is 0 Å². The Morgan fingerprint density at radius 2 is 1.00 bits per heavy atom. The molecular weight excluding hydrogens is 216 g/mol. The second kappa shape index (κ2) is 16.7. The normalized spacial score (nSPS) is 11.4. The van der Waals surface area contributed by atoms with Crippen LogP contribution < -0.4 is 0 Å². The highest BCUT2D eigenvalue weighted by molar-refractivity contribution is 4.81. The predicted molar refractivity (Wildman–Crippen MR) is 84.8 cm³/mol. The monoisotopic (exact) mass is 251 g/mol. The van der Waals surface area contributed by atoms with Gasteiger partial charge in [0.2, 0.25) is 0 Å². The quantitative estimate of drug-likeness (QED) is 0.234. The molecule has 0 unspecified atom stereocenters. The lowest BCUT2D eigenvalue weighted by Crippen LogP contribution is -1.79. The number of unbranched alkanes of at least 4 members (excludes halogenated alkanes) is 12. The maximum atomic E-state index is 2.40. The first-order valence-electron chi connectivity index (χ1n) is 8.34. The molecule has 0 fully saturated rings. The van der Waals surface area contributed by atoms with Crippen molar-refractivity contribution in [3.8, 4) is 0 Å². The minimum atomic E-state index is 1.30. The molecule has 0 aromatic carbocycles. The molecule has 0 nitrogen and oxygen atoms in total. The SMILES string of the molecule is C[CH]CCCCCC/C=C\CCCCCCCC. The van der Waals surface area contributed by atoms with Crippen LogP contribution in [0.3, 0.4) is 0 Å². The maximum absolute atomic E-state index is 2.40. The van der Waals surface area contributed by atoms with Crippen LogP contribution in [-0.4, -0.2) is 0 Å². The summed E-state index contributed by atoms with van der Waals surface area (Å²) in [6, 6.07) is 0. The van der Waals surface area contributed by atoms with Crippen LogP contribution in [0.5, 0.6) is 0 Å². The molecule has 0 amide bonds. The van der Waals surface area contributed by atoms with E-state index in [2.05, 4.69) is 32.4 Å². The molecule has 0 N–H and O–H groups in total. The van der Waals surface area contributed by atoms with Gasteiger partial charge in [0.05, 0.1) is 0 Å². The van der Waals surface area contributed by atoms with Crippen LogP contribution in [-0.2, 0) is 0 Å². The third-order valence-electron chi connectivity index (χ3n) is 3.50. The molecule has 1 radical (unpaired) electrons. The smallest absolute Gasteiger partial charge is 0.0351 e. The molecule has 0 aliphatic rings. The van der Waals surface area contributed by atoms with Gasteiger partial charge in [0.15, 0.2) is 0 Å². The summed E-state index contributed by atoms with van der Waals surface area (Å²) in [5.41, 5.74) is 0. The summed E-state index contributed by atoms with van der Waals surface area (Å²) in [5.74, 6) is 0. The first-order chi connectivity index (χ1) is 8.91. The summed E-state index contributed by atoms with van der Waals surface area (Å²) in [4.78, 5) is 0.